The van der Waals surface area contributed by atoms with E-state index in [9.17, 15) is 4.79 Å². The van der Waals surface area contributed by atoms with E-state index < -0.39 is 0 Å². The van der Waals surface area contributed by atoms with Crippen LogP contribution in [-0.4, -0.2) is 27.9 Å². The number of pyridine rings is 1. The van der Waals surface area contributed by atoms with Crippen LogP contribution in [0.2, 0.25) is 0 Å². The van der Waals surface area contributed by atoms with Gasteiger partial charge in [-0.3, -0.25) is 0 Å². The van der Waals surface area contributed by atoms with Gasteiger partial charge in [-0.2, -0.15) is 5.10 Å². The number of terminal acetylenes is 1. The number of aromatic nitrogens is 2. The number of rotatable bonds is 4. The molecule has 0 saturated carbocycles. The Bertz CT molecular complexity index is 613. The molecule has 0 radical (unpaired) electrons. The number of fused-ring (bicyclic) bond motifs is 1. The lowest BCUT2D eigenvalue weighted by Gasteiger charge is -2.01. The SMILES string of the molecule is C#CCSc1nn2ccccc2c1C(=O)OCC. The zero-order valence-corrected chi connectivity index (χ0v) is 10.7. The molecule has 5 heteroatoms. The second-order valence-corrected chi connectivity index (χ2v) is 4.39. The summed E-state index contributed by atoms with van der Waals surface area (Å²) in [5.41, 5.74) is 1.22. The number of hydrogen-bond donors (Lipinski definition) is 0. The van der Waals surface area contributed by atoms with Gasteiger partial charge in [-0.1, -0.05) is 23.7 Å². The molecule has 0 spiro atoms. The Kier molecular flexibility index (Phi) is 3.90. The first-order valence-electron chi connectivity index (χ1n) is 5.48. The van der Waals surface area contributed by atoms with Crippen LogP contribution in [0.1, 0.15) is 17.3 Å². The predicted molar refractivity (Wildman–Crippen MR) is 70.7 cm³/mol. The maximum Gasteiger partial charge on any atom is 0.343 e. The van der Waals surface area contributed by atoms with Gasteiger partial charge in [-0.25, -0.2) is 9.31 Å². The van der Waals surface area contributed by atoms with Crippen LogP contribution >= 0.6 is 11.8 Å². The van der Waals surface area contributed by atoms with Crippen LogP contribution in [0.15, 0.2) is 29.4 Å². The van der Waals surface area contributed by atoms with Gasteiger partial charge in [0.1, 0.15) is 10.6 Å². The molecule has 0 aliphatic heterocycles. The van der Waals surface area contributed by atoms with Crippen molar-refractivity contribution in [2.45, 2.75) is 11.9 Å². The van der Waals surface area contributed by atoms with Crippen LogP contribution in [0, 0.1) is 12.3 Å². The number of hydrogen-bond acceptors (Lipinski definition) is 4. The van der Waals surface area contributed by atoms with E-state index in [1.54, 1.807) is 17.6 Å². The van der Waals surface area contributed by atoms with E-state index in [-0.39, 0.29) is 5.97 Å². The molecule has 0 saturated heterocycles. The molecule has 0 aromatic carbocycles. The summed E-state index contributed by atoms with van der Waals surface area (Å²) in [5.74, 6) is 2.63. The number of carbonyl (C=O) groups excluding carboxylic acids is 1. The zero-order valence-electron chi connectivity index (χ0n) is 9.92. The molecule has 0 N–H and O–H groups in total. The monoisotopic (exact) mass is 260 g/mol. The fourth-order valence-corrected chi connectivity index (χ4v) is 2.28. The largest absolute Gasteiger partial charge is 0.462 e. The molecule has 0 fully saturated rings. The third-order valence-corrected chi connectivity index (χ3v) is 3.15. The zero-order chi connectivity index (χ0) is 13.0. The highest BCUT2D eigenvalue weighted by atomic mass is 32.2. The summed E-state index contributed by atoms with van der Waals surface area (Å²) in [6.45, 7) is 2.11. The normalized spacial score (nSPS) is 10.2. The summed E-state index contributed by atoms with van der Waals surface area (Å²) in [5, 5.41) is 4.95. The standard InChI is InChI=1S/C13H12N2O2S/c1-3-9-18-12-11(13(16)17-4-2)10-7-5-6-8-15(10)14-12/h1,5-8H,4,9H2,2H3. The minimum Gasteiger partial charge on any atom is -0.462 e. The molecule has 4 nitrogen and oxygen atoms in total. The lowest BCUT2D eigenvalue weighted by Crippen LogP contribution is -2.05. The minimum absolute atomic E-state index is 0.336. The highest BCUT2D eigenvalue weighted by Crippen LogP contribution is 2.25. The first-order valence-corrected chi connectivity index (χ1v) is 6.47. The number of carbonyl (C=O) groups is 1. The molecule has 2 aromatic rings. The Hall–Kier alpha value is -1.93. The van der Waals surface area contributed by atoms with Gasteiger partial charge in [0.2, 0.25) is 0 Å². The minimum atomic E-state index is -0.363. The Balaban J connectivity index is 2.51. The second-order valence-electron chi connectivity index (χ2n) is 3.42. The highest BCUT2D eigenvalue weighted by Gasteiger charge is 2.20. The van der Waals surface area contributed by atoms with E-state index in [1.807, 2.05) is 18.2 Å². The van der Waals surface area contributed by atoms with Crippen LogP contribution in [0.25, 0.3) is 5.52 Å². The van der Waals surface area contributed by atoms with Crippen LogP contribution in [0.4, 0.5) is 0 Å². The molecule has 0 bridgehead atoms. The maximum absolute atomic E-state index is 12.0. The van der Waals surface area contributed by atoms with Crippen molar-refractivity contribution >= 4 is 23.2 Å². The molecular formula is C13H12N2O2S. The summed E-state index contributed by atoms with van der Waals surface area (Å²) in [6, 6.07) is 5.54. The highest BCUT2D eigenvalue weighted by molar-refractivity contribution is 7.99. The van der Waals surface area contributed by atoms with Gasteiger partial charge in [0, 0.05) is 6.20 Å². The van der Waals surface area contributed by atoms with Crippen molar-refractivity contribution in [2.75, 3.05) is 12.4 Å². The van der Waals surface area contributed by atoms with Crippen LogP contribution < -0.4 is 0 Å². The first kappa shape index (κ1) is 12.5. The molecule has 18 heavy (non-hydrogen) atoms. The average molecular weight is 260 g/mol. The lowest BCUT2D eigenvalue weighted by molar-refractivity contribution is 0.0524. The summed E-state index contributed by atoms with van der Waals surface area (Å²) in [6.07, 6.45) is 7.02. The smallest absolute Gasteiger partial charge is 0.343 e. The van der Waals surface area contributed by atoms with Crippen LogP contribution in [0.3, 0.4) is 0 Å². The number of ether oxygens (including phenoxy) is 1. The van der Waals surface area contributed by atoms with Gasteiger partial charge < -0.3 is 4.74 Å². The Morgan fingerprint density at radius 1 is 1.61 bits per heavy atom. The molecule has 0 amide bonds. The molecule has 2 rings (SSSR count). The van der Waals surface area contributed by atoms with Gasteiger partial charge in [-0.15, -0.1) is 6.42 Å². The topological polar surface area (TPSA) is 43.6 Å². The number of thioether (sulfide) groups is 1. The van der Waals surface area contributed by atoms with Crippen LogP contribution in [0.5, 0.6) is 0 Å². The number of esters is 1. The van der Waals surface area contributed by atoms with Gasteiger partial charge in [0.25, 0.3) is 0 Å². The molecule has 0 aliphatic rings. The van der Waals surface area contributed by atoms with Gasteiger partial charge >= 0.3 is 5.97 Å². The average Bonchev–Trinajstić information content (AvgIpc) is 2.74. The van der Waals surface area contributed by atoms with Crippen LogP contribution in [-0.2, 0) is 4.74 Å². The van der Waals surface area contributed by atoms with E-state index in [4.69, 9.17) is 11.2 Å². The third-order valence-electron chi connectivity index (χ3n) is 2.28. The van der Waals surface area contributed by atoms with Crippen molar-refractivity contribution in [3.63, 3.8) is 0 Å². The van der Waals surface area contributed by atoms with Gasteiger partial charge in [0.05, 0.1) is 17.9 Å². The molecule has 0 atom stereocenters. The maximum atomic E-state index is 12.0. The van der Waals surface area contributed by atoms with Crippen molar-refractivity contribution in [1.29, 1.82) is 0 Å². The lowest BCUT2D eigenvalue weighted by atomic mass is 10.2. The van der Waals surface area contributed by atoms with Crippen molar-refractivity contribution in [3.05, 3.63) is 30.0 Å². The fourth-order valence-electron chi connectivity index (χ4n) is 1.58. The van der Waals surface area contributed by atoms with Crippen molar-refractivity contribution in [3.8, 4) is 12.3 Å². The van der Waals surface area contributed by atoms with E-state index in [2.05, 4.69) is 11.0 Å². The summed E-state index contributed by atoms with van der Waals surface area (Å²) in [7, 11) is 0. The van der Waals surface area contributed by atoms with Crippen molar-refractivity contribution < 1.29 is 9.53 Å². The quantitative estimate of drug-likeness (QED) is 0.480. The molecule has 92 valence electrons. The van der Waals surface area contributed by atoms with Crippen molar-refractivity contribution in [1.82, 2.24) is 9.61 Å². The first-order chi connectivity index (χ1) is 8.77. The van der Waals surface area contributed by atoms with E-state index in [0.717, 1.165) is 5.52 Å². The predicted octanol–water partition coefficient (Wildman–Crippen LogP) is 2.24. The van der Waals surface area contributed by atoms with E-state index in [0.29, 0.717) is 22.9 Å². The molecule has 2 aromatic heterocycles. The third kappa shape index (κ3) is 2.34. The number of nitrogens with zero attached hydrogens (tertiary/aromatic N) is 2. The molecule has 0 unspecified atom stereocenters. The summed E-state index contributed by atoms with van der Waals surface area (Å²) in [4.78, 5) is 12.0. The Morgan fingerprint density at radius 2 is 2.44 bits per heavy atom. The second kappa shape index (κ2) is 5.61. The molecule has 2 heterocycles. The van der Waals surface area contributed by atoms with Gasteiger partial charge in [0.15, 0.2) is 0 Å². The van der Waals surface area contributed by atoms with Crippen molar-refractivity contribution in [2.24, 2.45) is 0 Å². The Morgan fingerprint density at radius 3 is 3.17 bits per heavy atom. The van der Waals surface area contributed by atoms with E-state index in [1.165, 1.54) is 11.8 Å². The summed E-state index contributed by atoms with van der Waals surface area (Å²) < 4.78 is 6.72. The molecule has 0 aliphatic carbocycles. The van der Waals surface area contributed by atoms with E-state index >= 15 is 0 Å². The fraction of sp³-hybridized carbons (Fsp3) is 0.231. The van der Waals surface area contributed by atoms with Gasteiger partial charge in [-0.05, 0) is 19.1 Å². The molecular weight excluding hydrogens is 248 g/mol. The Labute approximate surface area is 109 Å². The summed E-state index contributed by atoms with van der Waals surface area (Å²) >= 11 is 1.36.